The molecular formula is C25H31N5O3. The first-order valence-electron chi connectivity index (χ1n) is 10.8. The van der Waals surface area contributed by atoms with E-state index in [0.29, 0.717) is 35.3 Å². The van der Waals surface area contributed by atoms with Crippen LogP contribution in [0, 0.1) is 20.8 Å². The number of aliphatic imine (C=N–C) groups is 1. The smallest absolute Gasteiger partial charge is 0.257 e. The van der Waals surface area contributed by atoms with E-state index in [4.69, 9.17) is 14.5 Å². The second-order valence-corrected chi connectivity index (χ2v) is 7.65. The number of amides is 1. The molecule has 3 aromatic rings. The summed E-state index contributed by atoms with van der Waals surface area (Å²) in [7, 11) is 3.16. The Labute approximate surface area is 194 Å². The molecular weight excluding hydrogens is 418 g/mol. The lowest BCUT2D eigenvalue weighted by atomic mass is 10.1. The van der Waals surface area contributed by atoms with Gasteiger partial charge in [0.25, 0.3) is 5.91 Å². The Morgan fingerprint density at radius 1 is 1.06 bits per heavy atom. The Bertz CT molecular complexity index is 1170. The fourth-order valence-corrected chi connectivity index (χ4v) is 3.56. The van der Waals surface area contributed by atoms with Crippen LogP contribution in [-0.2, 0) is 13.1 Å². The van der Waals surface area contributed by atoms with Crippen molar-refractivity contribution in [3.05, 3.63) is 70.5 Å². The minimum absolute atomic E-state index is 0.247. The predicted molar refractivity (Wildman–Crippen MR) is 130 cm³/mol. The predicted octanol–water partition coefficient (Wildman–Crippen LogP) is 4.24. The molecule has 0 aliphatic rings. The molecule has 174 valence electrons. The molecule has 1 heterocycles. The number of hydrogen-bond donors (Lipinski definition) is 2. The molecule has 0 saturated heterocycles. The highest BCUT2D eigenvalue weighted by molar-refractivity contribution is 6.10. The van der Waals surface area contributed by atoms with Gasteiger partial charge in [-0.15, -0.1) is 0 Å². The van der Waals surface area contributed by atoms with Crippen molar-refractivity contribution in [3.63, 3.8) is 0 Å². The molecule has 0 bridgehead atoms. The van der Waals surface area contributed by atoms with Gasteiger partial charge in [0, 0.05) is 35.1 Å². The fourth-order valence-electron chi connectivity index (χ4n) is 3.56. The molecule has 0 radical (unpaired) electrons. The van der Waals surface area contributed by atoms with Gasteiger partial charge in [0.05, 0.1) is 26.5 Å². The van der Waals surface area contributed by atoms with E-state index in [1.807, 2.05) is 49.7 Å². The lowest BCUT2D eigenvalue weighted by molar-refractivity contribution is 0.0977. The normalized spacial score (nSPS) is 11.3. The molecule has 0 spiro atoms. The number of aryl methyl sites for hydroxylation is 3. The van der Waals surface area contributed by atoms with Gasteiger partial charge in [-0.25, -0.2) is 4.99 Å². The summed E-state index contributed by atoms with van der Waals surface area (Å²) in [5.41, 5.74) is 5.29. The summed E-state index contributed by atoms with van der Waals surface area (Å²) in [5, 5.41) is 10.7. The van der Waals surface area contributed by atoms with Gasteiger partial charge in [0.1, 0.15) is 0 Å². The quantitative estimate of drug-likeness (QED) is 0.416. The van der Waals surface area contributed by atoms with Crippen LogP contribution in [0.15, 0.2) is 47.5 Å². The van der Waals surface area contributed by atoms with Crippen molar-refractivity contribution in [3.8, 4) is 11.5 Å². The van der Waals surface area contributed by atoms with E-state index in [1.54, 1.807) is 32.4 Å². The molecule has 3 rings (SSSR count). The Balaban J connectivity index is 1.91. The highest BCUT2D eigenvalue weighted by atomic mass is 16.5. The van der Waals surface area contributed by atoms with Crippen LogP contribution in [0.3, 0.4) is 0 Å². The maximum Gasteiger partial charge on any atom is 0.257 e. The Kier molecular flexibility index (Phi) is 7.71. The number of hydrogen-bond acceptors (Lipinski definition) is 5. The van der Waals surface area contributed by atoms with Crippen LogP contribution in [0.2, 0.25) is 0 Å². The van der Waals surface area contributed by atoms with E-state index in [0.717, 1.165) is 29.1 Å². The van der Waals surface area contributed by atoms with Crippen LogP contribution in [0.4, 0.5) is 5.69 Å². The van der Waals surface area contributed by atoms with Crippen molar-refractivity contribution in [2.24, 2.45) is 4.99 Å². The van der Waals surface area contributed by atoms with Crippen LogP contribution in [0.1, 0.15) is 39.8 Å². The summed E-state index contributed by atoms with van der Waals surface area (Å²) in [6.45, 7) is 9.17. The number of benzene rings is 2. The average molecular weight is 450 g/mol. The van der Waals surface area contributed by atoms with E-state index in [1.165, 1.54) is 0 Å². The third kappa shape index (κ3) is 5.71. The molecule has 0 fully saturated rings. The van der Waals surface area contributed by atoms with Crippen molar-refractivity contribution in [1.29, 1.82) is 0 Å². The van der Waals surface area contributed by atoms with Crippen LogP contribution in [0.25, 0.3) is 0 Å². The summed E-state index contributed by atoms with van der Waals surface area (Å²) in [6, 6.07) is 12.8. The molecule has 2 aromatic carbocycles. The standard InChI is InChI=1S/C25H31N5O3/c1-7-30-18(4)21(17(3)29-30)15-26-25(28-24(31)19-10-8-9-16(2)13-19)27-20-11-12-22(32-5)23(14-20)33-6/h8-14H,7,15H2,1-6H3,(H2,26,27,28,31). The average Bonchev–Trinajstić information content (AvgIpc) is 3.09. The second kappa shape index (κ2) is 10.7. The highest BCUT2D eigenvalue weighted by Gasteiger charge is 2.14. The lowest BCUT2D eigenvalue weighted by Crippen LogP contribution is -2.36. The summed E-state index contributed by atoms with van der Waals surface area (Å²) < 4.78 is 12.7. The molecule has 1 aromatic heterocycles. The number of ether oxygens (including phenoxy) is 2. The zero-order chi connectivity index (χ0) is 24.0. The van der Waals surface area contributed by atoms with Crippen molar-refractivity contribution < 1.29 is 14.3 Å². The number of methoxy groups -OCH3 is 2. The van der Waals surface area contributed by atoms with Crippen molar-refractivity contribution in [2.45, 2.75) is 40.8 Å². The maximum atomic E-state index is 12.9. The highest BCUT2D eigenvalue weighted by Crippen LogP contribution is 2.29. The summed E-state index contributed by atoms with van der Waals surface area (Å²) in [5.74, 6) is 1.27. The molecule has 33 heavy (non-hydrogen) atoms. The van der Waals surface area contributed by atoms with Gasteiger partial charge in [-0.2, -0.15) is 5.10 Å². The number of guanidine groups is 1. The molecule has 0 aliphatic carbocycles. The minimum Gasteiger partial charge on any atom is -0.493 e. The van der Waals surface area contributed by atoms with Gasteiger partial charge in [0.15, 0.2) is 11.5 Å². The Hall–Kier alpha value is -3.81. The zero-order valence-corrected chi connectivity index (χ0v) is 20.0. The van der Waals surface area contributed by atoms with Crippen LogP contribution in [-0.4, -0.2) is 35.9 Å². The molecule has 0 unspecified atom stereocenters. The molecule has 0 aliphatic heterocycles. The van der Waals surface area contributed by atoms with Gasteiger partial charge in [-0.3, -0.25) is 14.8 Å². The third-order valence-corrected chi connectivity index (χ3v) is 5.38. The number of anilines is 1. The van der Waals surface area contributed by atoms with E-state index < -0.39 is 0 Å². The zero-order valence-electron chi connectivity index (χ0n) is 20.0. The second-order valence-electron chi connectivity index (χ2n) is 7.65. The lowest BCUT2D eigenvalue weighted by Gasteiger charge is -2.14. The molecule has 1 amide bonds. The van der Waals surface area contributed by atoms with Gasteiger partial charge >= 0.3 is 0 Å². The first-order chi connectivity index (χ1) is 15.9. The van der Waals surface area contributed by atoms with Gasteiger partial charge in [-0.05, 0) is 52.0 Å². The summed E-state index contributed by atoms with van der Waals surface area (Å²) >= 11 is 0. The van der Waals surface area contributed by atoms with E-state index >= 15 is 0 Å². The third-order valence-electron chi connectivity index (χ3n) is 5.38. The number of rotatable bonds is 7. The van der Waals surface area contributed by atoms with E-state index in [9.17, 15) is 4.79 Å². The monoisotopic (exact) mass is 449 g/mol. The van der Waals surface area contributed by atoms with E-state index in [-0.39, 0.29) is 5.91 Å². The van der Waals surface area contributed by atoms with Gasteiger partial charge in [0.2, 0.25) is 5.96 Å². The number of carbonyl (C=O) groups is 1. The topological polar surface area (TPSA) is 89.8 Å². The number of nitrogens with zero attached hydrogens (tertiary/aromatic N) is 3. The van der Waals surface area contributed by atoms with Crippen LogP contribution >= 0.6 is 0 Å². The van der Waals surface area contributed by atoms with Crippen LogP contribution < -0.4 is 20.1 Å². The Morgan fingerprint density at radius 2 is 1.82 bits per heavy atom. The molecule has 2 N–H and O–H groups in total. The van der Waals surface area contributed by atoms with Crippen LogP contribution in [0.5, 0.6) is 11.5 Å². The number of aromatic nitrogens is 2. The minimum atomic E-state index is -0.247. The van der Waals surface area contributed by atoms with Crippen molar-refractivity contribution in [2.75, 3.05) is 19.5 Å². The van der Waals surface area contributed by atoms with E-state index in [2.05, 4.69) is 22.7 Å². The number of carbonyl (C=O) groups excluding carboxylic acids is 1. The Morgan fingerprint density at radius 3 is 2.45 bits per heavy atom. The molecule has 0 saturated carbocycles. The first-order valence-corrected chi connectivity index (χ1v) is 10.8. The van der Waals surface area contributed by atoms with Crippen molar-refractivity contribution >= 4 is 17.6 Å². The molecule has 0 atom stereocenters. The fraction of sp³-hybridized carbons (Fsp3) is 0.320. The number of nitrogens with one attached hydrogen (secondary N) is 2. The summed E-state index contributed by atoms with van der Waals surface area (Å²) in [6.07, 6.45) is 0. The maximum absolute atomic E-state index is 12.9. The molecule has 8 nitrogen and oxygen atoms in total. The first kappa shape index (κ1) is 23.8. The van der Waals surface area contributed by atoms with Crippen molar-refractivity contribution in [1.82, 2.24) is 15.1 Å². The van der Waals surface area contributed by atoms with Gasteiger partial charge in [-0.1, -0.05) is 17.7 Å². The SMILES string of the molecule is CCn1nc(C)c(CN=C(NC(=O)c2cccc(C)c2)Nc2ccc(OC)c(OC)c2)c1C. The van der Waals surface area contributed by atoms with Gasteiger partial charge < -0.3 is 14.8 Å². The molecule has 8 heteroatoms. The summed E-state index contributed by atoms with van der Waals surface area (Å²) in [4.78, 5) is 17.6. The largest absolute Gasteiger partial charge is 0.493 e.